The number of rotatable bonds is 1. The molecule has 0 saturated heterocycles. The number of alkyl halides is 3. The van der Waals surface area contributed by atoms with Gasteiger partial charge in [-0.25, -0.2) is 0 Å². The van der Waals surface area contributed by atoms with Crippen LogP contribution >= 0.6 is 0 Å². The Kier molecular flexibility index (Phi) is 2.23. The first-order valence-electron chi connectivity index (χ1n) is 5.29. The second-order valence-electron chi connectivity index (χ2n) is 3.91. The van der Waals surface area contributed by atoms with Crippen molar-refractivity contribution in [2.75, 3.05) is 0 Å². The predicted molar refractivity (Wildman–Crippen MR) is 62.5 cm³/mol. The van der Waals surface area contributed by atoms with Crippen molar-refractivity contribution >= 4 is 21.7 Å². The van der Waals surface area contributed by atoms with Gasteiger partial charge in [-0.2, -0.15) is 0 Å². The fourth-order valence-corrected chi connectivity index (χ4v) is 2.08. The van der Waals surface area contributed by atoms with Gasteiger partial charge in [-0.1, -0.05) is 24.3 Å². The quantitative estimate of drug-likeness (QED) is 0.688. The predicted octanol–water partition coefficient (Wildman–Crippen LogP) is 4.22. The molecule has 0 aliphatic rings. The Labute approximate surface area is 100.0 Å². The molecule has 0 radical (unpaired) electrons. The lowest BCUT2D eigenvalue weighted by Gasteiger charge is -2.11. The lowest BCUT2D eigenvalue weighted by Crippen LogP contribution is -2.17. The van der Waals surface area contributed by atoms with E-state index in [0.29, 0.717) is 16.3 Å². The molecule has 0 bridgehead atoms. The van der Waals surface area contributed by atoms with Gasteiger partial charge in [-0.3, -0.25) is 0 Å². The topological polar surface area (TPSA) is 25.0 Å². The summed E-state index contributed by atoms with van der Waals surface area (Å²) in [5.74, 6) is -0.183. The number of halogens is 3. The van der Waals surface area contributed by atoms with Gasteiger partial charge in [0.2, 0.25) is 0 Å². The zero-order valence-corrected chi connectivity index (χ0v) is 9.08. The van der Waals surface area contributed by atoms with Crippen LogP contribution in [0.15, 0.2) is 42.6 Å². The van der Waals surface area contributed by atoms with Gasteiger partial charge in [-0.05, 0) is 17.5 Å². The number of benzene rings is 2. The Morgan fingerprint density at radius 1 is 1.00 bits per heavy atom. The van der Waals surface area contributed by atoms with Crippen molar-refractivity contribution in [2.24, 2.45) is 0 Å². The first-order valence-corrected chi connectivity index (χ1v) is 5.29. The molecule has 0 spiro atoms. The summed E-state index contributed by atoms with van der Waals surface area (Å²) in [5, 5.41) is 1.99. The summed E-state index contributed by atoms with van der Waals surface area (Å²) in [6.07, 6.45) is -3.09. The zero-order valence-electron chi connectivity index (χ0n) is 9.08. The third-order valence-corrected chi connectivity index (χ3v) is 2.75. The van der Waals surface area contributed by atoms with Crippen LogP contribution in [-0.2, 0) is 0 Å². The second kappa shape index (κ2) is 3.66. The second-order valence-corrected chi connectivity index (χ2v) is 3.91. The van der Waals surface area contributed by atoms with E-state index < -0.39 is 6.36 Å². The minimum Gasteiger partial charge on any atom is -0.405 e. The molecular weight excluding hydrogens is 243 g/mol. The van der Waals surface area contributed by atoms with Crippen LogP contribution in [0.5, 0.6) is 5.75 Å². The maximum atomic E-state index is 12.3. The van der Waals surface area contributed by atoms with E-state index in [2.05, 4.69) is 9.72 Å². The smallest absolute Gasteiger partial charge is 0.405 e. The van der Waals surface area contributed by atoms with Crippen molar-refractivity contribution in [1.29, 1.82) is 0 Å². The Bertz CT molecular complexity index is 715. The average Bonchev–Trinajstić information content (AvgIpc) is 2.76. The van der Waals surface area contributed by atoms with Crippen molar-refractivity contribution in [1.82, 2.24) is 4.98 Å². The number of hydrogen-bond acceptors (Lipinski definition) is 1. The lowest BCUT2D eigenvalue weighted by molar-refractivity contribution is -0.274. The maximum Gasteiger partial charge on any atom is 0.573 e. The molecule has 1 N–H and O–H groups in total. The van der Waals surface area contributed by atoms with E-state index in [9.17, 15) is 13.2 Å². The summed E-state index contributed by atoms with van der Waals surface area (Å²) in [4.78, 5) is 2.94. The molecular formula is C13H8F3NO. The fraction of sp³-hybridized carbons (Fsp3) is 0.0769. The summed E-state index contributed by atoms with van der Waals surface area (Å²) in [6, 6.07) is 10.2. The summed E-state index contributed by atoms with van der Waals surface area (Å²) in [5.41, 5.74) is 0.646. The molecule has 0 aliphatic heterocycles. The van der Waals surface area contributed by atoms with Crippen molar-refractivity contribution in [3.63, 3.8) is 0 Å². The number of aromatic amines is 1. The minimum absolute atomic E-state index is 0.183. The third-order valence-electron chi connectivity index (χ3n) is 2.75. The van der Waals surface area contributed by atoms with E-state index in [1.165, 1.54) is 6.07 Å². The summed E-state index contributed by atoms with van der Waals surface area (Å²) in [6.45, 7) is 0. The molecule has 92 valence electrons. The van der Waals surface area contributed by atoms with Gasteiger partial charge in [0.15, 0.2) is 0 Å². The summed E-state index contributed by atoms with van der Waals surface area (Å²) < 4.78 is 41.1. The van der Waals surface area contributed by atoms with Crippen molar-refractivity contribution < 1.29 is 17.9 Å². The molecule has 0 saturated carbocycles. The standard InChI is InChI=1S/C13H8F3NO/c14-13(15,16)18-11-7-8-3-1-2-4-9(8)12-10(11)5-6-17-12/h1-7,17H. The highest BCUT2D eigenvalue weighted by Gasteiger charge is 2.32. The molecule has 0 fully saturated rings. The molecule has 0 amide bonds. The average molecular weight is 251 g/mol. The molecule has 3 aromatic rings. The van der Waals surface area contributed by atoms with Gasteiger partial charge in [0, 0.05) is 17.0 Å². The van der Waals surface area contributed by atoms with Crippen LogP contribution in [0.1, 0.15) is 0 Å². The van der Waals surface area contributed by atoms with Crippen LogP contribution in [0, 0.1) is 0 Å². The van der Waals surface area contributed by atoms with Crippen LogP contribution in [0.3, 0.4) is 0 Å². The highest BCUT2D eigenvalue weighted by molar-refractivity contribution is 6.08. The number of aromatic nitrogens is 1. The third kappa shape index (κ3) is 1.77. The van der Waals surface area contributed by atoms with Crippen LogP contribution < -0.4 is 4.74 Å². The minimum atomic E-state index is -4.69. The van der Waals surface area contributed by atoms with Gasteiger partial charge < -0.3 is 9.72 Å². The largest absolute Gasteiger partial charge is 0.573 e. The number of hydrogen-bond donors (Lipinski definition) is 1. The highest BCUT2D eigenvalue weighted by Crippen LogP contribution is 2.35. The van der Waals surface area contributed by atoms with Crippen LogP contribution in [0.4, 0.5) is 13.2 Å². The Hall–Kier alpha value is -2.17. The Morgan fingerprint density at radius 2 is 1.78 bits per heavy atom. The Balaban J connectivity index is 2.32. The van der Waals surface area contributed by atoms with Crippen molar-refractivity contribution in [3.05, 3.63) is 42.6 Å². The van der Waals surface area contributed by atoms with Gasteiger partial charge in [0.05, 0.1) is 5.52 Å². The van der Waals surface area contributed by atoms with E-state index in [1.807, 2.05) is 12.1 Å². The number of ether oxygens (including phenoxy) is 1. The molecule has 3 rings (SSSR count). The van der Waals surface area contributed by atoms with E-state index in [0.717, 1.165) is 5.39 Å². The summed E-state index contributed by atoms with van der Waals surface area (Å²) in [7, 11) is 0. The van der Waals surface area contributed by atoms with Crippen molar-refractivity contribution in [2.45, 2.75) is 6.36 Å². The molecule has 2 nitrogen and oxygen atoms in total. The van der Waals surface area contributed by atoms with E-state index in [1.54, 1.807) is 24.4 Å². The maximum absolute atomic E-state index is 12.3. The first-order chi connectivity index (χ1) is 8.54. The lowest BCUT2D eigenvalue weighted by atomic mass is 10.1. The molecule has 18 heavy (non-hydrogen) atoms. The van der Waals surface area contributed by atoms with E-state index >= 15 is 0 Å². The number of nitrogens with one attached hydrogen (secondary N) is 1. The first kappa shape index (κ1) is 11.0. The molecule has 1 heterocycles. The van der Waals surface area contributed by atoms with E-state index in [4.69, 9.17) is 0 Å². The highest BCUT2D eigenvalue weighted by atomic mass is 19.4. The molecule has 0 aliphatic carbocycles. The van der Waals surface area contributed by atoms with Crippen molar-refractivity contribution in [3.8, 4) is 5.75 Å². The fourth-order valence-electron chi connectivity index (χ4n) is 2.08. The molecule has 1 aromatic heterocycles. The van der Waals surface area contributed by atoms with Gasteiger partial charge in [-0.15, -0.1) is 13.2 Å². The molecule has 2 aromatic carbocycles. The number of fused-ring (bicyclic) bond motifs is 3. The van der Waals surface area contributed by atoms with Crippen LogP contribution in [0.25, 0.3) is 21.7 Å². The molecule has 5 heteroatoms. The van der Waals surface area contributed by atoms with Crippen LogP contribution in [-0.4, -0.2) is 11.3 Å². The number of H-pyrrole nitrogens is 1. The Morgan fingerprint density at radius 3 is 2.56 bits per heavy atom. The van der Waals surface area contributed by atoms with Gasteiger partial charge in [0.25, 0.3) is 0 Å². The van der Waals surface area contributed by atoms with Crippen LogP contribution in [0.2, 0.25) is 0 Å². The SMILES string of the molecule is FC(F)(F)Oc1cc2ccccc2c2[nH]ccc12. The van der Waals surface area contributed by atoms with Gasteiger partial charge in [0.1, 0.15) is 5.75 Å². The molecule has 0 atom stereocenters. The monoisotopic (exact) mass is 251 g/mol. The summed E-state index contributed by atoms with van der Waals surface area (Å²) >= 11 is 0. The molecule has 0 unspecified atom stereocenters. The zero-order chi connectivity index (χ0) is 12.8. The normalized spacial score (nSPS) is 12.2. The van der Waals surface area contributed by atoms with Gasteiger partial charge >= 0.3 is 6.36 Å². The van der Waals surface area contributed by atoms with E-state index in [-0.39, 0.29) is 5.75 Å².